The molecule has 0 unspecified atom stereocenters. The van der Waals surface area contributed by atoms with E-state index >= 15 is 0 Å². The van der Waals surface area contributed by atoms with Crippen molar-refractivity contribution < 1.29 is 18.7 Å². The molecule has 0 aliphatic rings. The second kappa shape index (κ2) is 10.5. The van der Waals surface area contributed by atoms with Gasteiger partial charge >= 0.3 is 0 Å². The van der Waals surface area contributed by atoms with Crippen LogP contribution in [0.4, 0.5) is 10.1 Å². The van der Waals surface area contributed by atoms with Crippen LogP contribution in [0.15, 0.2) is 77.7 Å². The highest BCUT2D eigenvalue weighted by Gasteiger charge is 2.05. The lowest BCUT2D eigenvalue weighted by Crippen LogP contribution is -2.12. The molecule has 4 nitrogen and oxygen atoms in total. The Labute approximate surface area is 174 Å². The van der Waals surface area contributed by atoms with Crippen molar-refractivity contribution in [1.82, 2.24) is 0 Å². The molecule has 1 N–H and O–H groups in total. The second-order valence-corrected chi connectivity index (χ2v) is 7.30. The molecule has 0 saturated heterocycles. The second-order valence-electron chi connectivity index (χ2n) is 6.13. The molecule has 0 atom stereocenters. The van der Waals surface area contributed by atoms with Crippen LogP contribution in [0.5, 0.6) is 17.2 Å². The predicted octanol–water partition coefficient (Wildman–Crippen LogP) is 6.14. The molecule has 6 heteroatoms. The van der Waals surface area contributed by atoms with Gasteiger partial charge in [-0.15, -0.1) is 11.8 Å². The van der Waals surface area contributed by atoms with Gasteiger partial charge in [-0.1, -0.05) is 0 Å². The van der Waals surface area contributed by atoms with Gasteiger partial charge in [-0.3, -0.25) is 4.79 Å². The van der Waals surface area contributed by atoms with Gasteiger partial charge in [0, 0.05) is 22.8 Å². The van der Waals surface area contributed by atoms with E-state index in [1.807, 2.05) is 31.2 Å². The molecule has 0 aromatic heterocycles. The number of hydrogen-bond acceptors (Lipinski definition) is 4. The summed E-state index contributed by atoms with van der Waals surface area (Å²) < 4.78 is 24.1. The summed E-state index contributed by atoms with van der Waals surface area (Å²) in [5.41, 5.74) is 0.709. The molecule has 0 bridgehead atoms. The summed E-state index contributed by atoms with van der Waals surface area (Å²) in [6.07, 6.45) is 0.368. The van der Waals surface area contributed by atoms with Gasteiger partial charge < -0.3 is 14.8 Å². The van der Waals surface area contributed by atoms with E-state index < -0.39 is 0 Å². The third kappa shape index (κ3) is 6.84. The minimum absolute atomic E-state index is 0.0696. The van der Waals surface area contributed by atoms with Crippen molar-refractivity contribution in [1.29, 1.82) is 0 Å². The summed E-state index contributed by atoms with van der Waals surface area (Å²) in [4.78, 5) is 13.0. The van der Waals surface area contributed by atoms with Gasteiger partial charge in [0.2, 0.25) is 5.91 Å². The van der Waals surface area contributed by atoms with E-state index in [4.69, 9.17) is 9.47 Å². The average Bonchev–Trinajstić information content (AvgIpc) is 2.73. The largest absolute Gasteiger partial charge is 0.494 e. The molecule has 3 rings (SSSR count). The van der Waals surface area contributed by atoms with E-state index in [9.17, 15) is 9.18 Å². The maximum atomic E-state index is 12.9. The zero-order chi connectivity index (χ0) is 20.5. The fraction of sp³-hybridized carbons (Fsp3) is 0.174. The van der Waals surface area contributed by atoms with E-state index in [1.165, 1.54) is 23.9 Å². The summed E-state index contributed by atoms with van der Waals surface area (Å²) in [5.74, 6) is 2.48. The van der Waals surface area contributed by atoms with Crippen LogP contribution >= 0.6 is 11.8 Å². The van der Waals surface area contributed by atoms with E-state index in [0.717, 1.165) is 10.6 Å². The van der Waals surface area contributed by atoms with Crippen molar-refractivity contribution in [3.8, 4) is 17.2 Å². The number of carbonyl (C=O) groups excluding carboxylic acids is 1. The van der Waals surface area contributed by atoms with Gasteiger partial charge in [0.05, 0.1) is 6.61 Å². The number of amides is 1. The van der Waals surface area contributed by atoms with Crippen LogP contribution in [0.3, 0.4) is 0 Å². The highest BCUT2D eigenvalue weighted by Crippen LogP contribution is 2.25. The number of anilines is 1. The standard InChI is InChI=1S/C23H22FNO3S/c1-2-27-19-9-11-21(12-10-19)28-20-7-5-18(6-8-20)25-23(26)15-16-29-22-13-3-17(24)4-14-22/h3-14H,2,15-16H2,1H3,(H,25,26). The molecule has 0 fully saturated rings. The molecular formula is C23H22FNO3S. The maximum absolute atomic E-state index is 12.9. The van der Waals surface area contributed by atoms with Crippen molar-refractivity contribution in [3.63, 3.8) is 0 Å². The van der Waals surface area contributed by atoms with Crippen molar-refractivity contribution in [2.24, 2.45) is 0 Å². The van der Waals surface area contributed by atoms with E-state index in [1.54, 1.807) is 36.4 Å². The number of halogens is 1. The molecule has 29 heavy (non-hydrogen) atoms. The monoisotopic (exact) mass is 411 g/mol. The molecule has 3 aromatic rings. The lowest BCUT2D eigenvalue weighted by Gasteiger charge is -2.09. The third-order valence-corrected chi connectivity index (χ3v) is 4.93. The Bertz CT molecular complexity index is 912. The van der Waals surface area contributed by atoms with Gasteiger partial charge in [0.15, 0.2) is 0 Å². The summed E-state index contributed by atoms with van der Waals surface area (Å²) in [6, 6.07) is 20.9. The van der Waals surface area contributed by atoms with Crippen LogP contribution in [-0.4, -0.2) is 18.3 Å². The molecule has 0 aliphatic heterocycles. The van der Waals surface area contributed by atoms with Crippen molar-refractivity contribution in [2.75, 3.05) is 17.7 Å². The quantitative estimate of drug-likeness (QED) is 0.430. The smallest absolute Gasteiger partial charge is 0.225 e. The van der Waals surface area contributed by atoms with Gasteiger partial charge in [-0.25, -0.2) is 4.39 Å². The lowest BCUT2D eigenvalue weighted by molar-refractivity contribution is -0.115. The molecule has 150 valence electrons. The third-order valence-electron chi connectivity index (χ3n) is 3.92. The highest BCUT2D eigenvalue weighted by molar-refractivity contribution is 7.99. The molecule has 0 aliphatic carbocycles. The summed E-state index contributed by atoms with van der Waals surface area (Å²) in [5, 5.41) is 2.87. The zero-order valence-electron chi connectivity index (χ0n) is 16.1. The van der Waals surface area contributed by atoms with E-state index in [-0.39, 0.29) is 11.7 Å². The Morgan fingerprint density at radius 1 is 0.897 bits per heavy atom. The number of nitrogens with one attached hydrogen (secondary N) is 1. The van der Waals surface area contributed by atoms with Gasteiger partial charge in [0.1, 0.15) is 23.1 Å². The molecule has 0 spiro atoms. The first kappa shape index (κ1) is 20.7. The van der Waals surface area contributed by atoms with Gasteiger partial charge in [0.25, 0.3) is 0 Å². The molecule has 0 radical (unpaired) electrons. The molecule has 3 aromatic carbocycles. The first-order chi connectivity index (χ1) is 14.1. The Kier molecular flexibility index (Phi) is 7.53. The predicted molar refractivity (Wildman–Crippen MR) is 114 cm³/mol. The normalized spacial score (nSPS) is 10.4. The first-order valence-corrected chi connectivity index (χ1v) is 10.3. The zero-order valence-corrected chi connectivity index (χ0v) is 16.9. The number of carbonyl (C=O) groups is 1. The summed E-state index contributed by atoms with van der Waals surface area (Å²) >= 11 is 1.52. The first-order valence-electron chi connectivity index (χ1n) is 9.31. The molecule has 0 saturated carbocycles. The topological polar surface area (TPSA) is 47.6 Å². The number of benzene rings is 3. The number of rotatable bonds is 9. The molecule has 1 amide bonds. The van der Waals surface area contributed by atoms with Crippen LogP contribution in [0, 0.1) is 5.82 Å². The Morgan fingerprint density at radius 2 is 1.48 bits per heavy atom. The van der Waals surface area contributed by atoms with Crippen LogP contribution < -0.4 is 14.8 Å². The minimum Gasteiger partial charge on any atom is -0.494 e. The van der Waals surface area contributed by atoms with Crippen molar-refractivity contribution >= 4 is 23.4 Å². The Hall–Kier alpha value is -2.99. The molecular weight excluding hydrogens is 389 g/mol. The summed E-state index contributed by atoms with van der Waals surface area (Å²) in [7, 11) is 0. The lowest BCUT2D eigenvalue weighted by atomic mass is 10.3. The van der Waals surface area contributed by atoms with Crippen LogP contribution in [0.25, 0.3) is 0 Å². The highest BCUT2D eigenvalue weighted by atomic mass is 32.2. The van der Waals surface area contributed by atoms with Gasteiger partial charge in [-0.05, 0) is 79.7 Å². The minimum atomic E-state index is -0.262. The Balaban J connectivity index is 1.44. The fourth-order valence-corrected chi connectivity index (χ4v) is 3.38. The van der Waals surface area contributed by atoms with Crippen LogP contribution in [-0.2, 0) is 4.79 Å². The van der Waals surface area contributed by atoms with E-state index in [2.05, 4.69) is 5.32 Å². The molecule has 0 heterocycles. The van der Waals surface area contributed by atoms with Crippen LogP contribution in [0.1, 0.15) is 13.3 Å². The number of ether oxygens (including phenoxy) is 2. The fourth-order valence-electron chi connectivity index (χ4n) is 2.53. The van der Waals surface area contributed by atoms with Crippen molar-refractivity contribution in [3.05, 3.63) is 78.6 Å². The van der Waals surface area contributed by atoms with Crippen LogP contribution in [0.2, 0.25) is 0 Å². The summed E-state index contributed by atoms with van der Waals surface area (Å²) in [6.45, 7) is 2.56. The number of hydrogen-bond donors (Lipinski definition) is 1. The van der Waals surface area contributed by atoms with Crippen molar-refractivity contribution in [2.45, 2.75) is 18.2 Å². The average molecular weight is 411 g/mol. The SMILES string of the molecule is CCOc1ccc(Oc2ccc(NC(=O)CCSc3ccc(F)cc3)cc2)cc1. The Morgan fingerprint density at radius 3 is 2.10 bits per heavy atom. The van der Waals surface area contributed by atoms with E-state index in [0.29, 0.717) is 36.0 Å². The van der Waals surface area contributed by atoms with Gasteiger partial charge in [-0.2, -0.15) is 0 Å². The maximum Gasteiger partial charge on any atom is 0.225 e. The number of thioether (sulfide) groups is 1.